The van der Waals surface area contributed by atoms with Crippen molar-refractivity contribution in [1.82, 2.24) is 0 Å². The van der Waals surface area contributed by atoms with Gasteiger partial charge in [-0.3, -0.25) is 0 Å². The van der Waals surface area contributed by atoms with E-state index in [9.17, 15) is 13.5 Å². The number of aliphatic hydroxyl groups is 1. The standard InChI is InChI=1S/C15H16O4S/c1-11(16)12-6-8-13(9-7-12)19-14-4-3-5-15(10-14)20(2,17)18/h3-11,16H,1-2H3/t11-/m1/s1. The molecule has 20 heavy (non-hydrogen) atoms. The van der Waals surface area contributed by atoms with Crippen LogP contribution in [0.3, 0.4) is 0 Å². The molecular weight excluding hydrogens is 276 g/mol. The first-order chi connectivity index (χ1) is 9.36. The van der Waals surface area contributed by atoms with Crippen LogP contribution >= 0.6 is 0 Å². The zero-order chi connectivity index (χ0) is 14.8. The fraction of sp³-hybridized carbons (Fsp3) is 0.200. The normalized spacial score (nSPS) is 12.9. The summed E-state index contributed by atoms with van der Waals surface area (Å²) in [5, 5.41) is 9.42. The van der Waals surface area contributed by atoms with Crippen molar-refractivity contribution in [3.63, 3.8) is 0 Å². The van der Waals surface area contributed by atoms with E-state index in [0.717, 1.165) is 11.8 Å². The van der Waals surface area contributed by atoms with Crippen LogP contribution in [-0.2, 0) is 9.84 Å². The van der Waals surface area contributed by atoms with E-state index in [2.05, 4.69) is 0 Å². The summed E-state index contributed by atoms with van der Waals surface area (Å²) >= 11 is 0. The Hall–Kier alpha value is -1.85. The zero-order valence-corrected chi connectivity index (χ0v) is 12.1. The Morgan fingerprint density at radius 2 is 1.70 bits per heavy atom. The first-order valence-electron chi connectivity index (χ1n) is 6.12. The number of hydrogen-bond acceptors (Lipinski definition) is 4. The Labute approximate surface area is 118 Å². The topological polar surface area (TPSA) is 63.6 Å². The van der Waals surface area contributed by atoms with Gasteiger partial charge in [0.15, 0.2) is 9.84 Å². The molecule has 0 bridgehead atoms. The second kappa shape index (κ2) is 5.64. The minimum atomic E-state index is -3.25. The molecule has 0 aromatic heterocycles. The van der Waals surface area contributed by atoms with Crippen LogP contribution in [0.2, 0.25) is 0 Å². The van der Waals surface area contributed by atoms with Crippen molar-refractivity contribution in [2.45, 2.75) is 17.9 Å². The average molecular weight is 292 g/mol. The quantitative estimate of drug-likeness (QED) is 0.941. The second-order valence-corrected chi connectivity index (χ2v) is 6.61. The van der Waals surface area contributed by atoms with E-state index in [1.807, 2.05) is 0 Å². The van der Waals surface area contributed by atoms with Crippen LogP contribution in [0.25, 0.3) is 0 Å². The van der Waals surface area contributed by atoms with Crippen LogP contribution in [0.4, 0.5) is 0 Å². The summed E-state index contributed by atoms with van der Waals surface area (Å²) in [6, 6.07) is 13.3. The monoisotopic (exact) mass is 292 g/mol. The van der Waals surface area contributed by atoms with Gasteiger partial charge in [0.1, 0.15) is 11.5 Å². The summed E-state index contributed by atoms with van der Waals surface area (Å²) in [5.41, 5.74) is 0.794. The van der Waals surface area contributed by atoms with Gasteiger partial charge >= 0.3 is 0 Å². The summed E-state index contributed by atoms with van der Waals surface area (Å²) in [5.74, 6) is 1.04. The minimum absolute atomic E-state index is 0.218. The van der Waals surface area contributed by atoms with Crippen LogP contribution < -0.4 is 4.74 Å². The van der Waals surface area contributed by atoms with Crippen LogP contribution in [-0.4, -0.2) is 19.8 Å². The maximum absolute atomic E-state index is 11.5. The Kier molecular flexibility index (Phi) is 4.11. The van der Waals surface area contributed by atoms with Crippen molar-refractivity contribution in [3.8, 4) is 11.5 Å². The fourth-order valence-corrected chi connectivity index (χ4v) is 2.37. The van der Waals surface area contributed by atoms with Crippen molar-refractivity contribution >= 4 is 9.84 Å². The van der Waals surface area contributed by atoms with Gasteiger partial charge in [-0.2, -0.15) is 0 Å². The molecule has 2 aromatic rings. The van der Waals surface area contributed by atoms with Crippen LogP contribution in [0.15, 0.2) is 53.4 Å². The molecule has 0 unspecified atom stereocenters. The highest BCUT2D eigenvalue weighted by atomic mass is 32.2. The molecule has 0 radical (unpaired) electrons. The second-order valence-electron chi connectivity index (χ2n) is 4.59. The van der Waals surface area contributed by atoms with Crippen LogP contribution in [0.5, 0.6) is 11.5 Å². The lowest BCUT2D eigenvalue weighted by atomic mass is 10.1. The molecular formula is C15H16O4S. The van der Waals surface area contributed by atoms with E-state index < -0.39 is 15.9 Å². The largest absolute Gasteiger partial charge is 0.457 e. The molecule has 0 saturated heterocycles. The summed E-state index contributed by atoms with van der Waals surface area (Å²) in [7, 11) is -3.25. The van der Waals surface area contributed by atoms with Crippen LogP contribution in [0, 0.1) is 0 Å². The molecule has 106 valence electrons. The Bertz CT molecular complexity index is 688. The van der Waals surface area contributed by atoms with Gasteiger partial charge in [-0.15, -0.1) is 0 Å². The van der Waals surface area contributed by atoms with Gasteiger partial charge in [-0.05, 0) is 42.8 Å². The number of aliphatic hydroxyl groups excluding tert-OH is 1. The zero-order valence-electron chi connectivity index (χ0n) is 11.3. The molecule has 0 spiro atoms. The molecule has 4 nitrogen and oxygen atoms in total. The molecule has 0 fully saturated rings. The number of rotatable bonds is 4. The minimum Gasteiger partial charge on any atom is -0.457 e. The summed E-state index contributed by atoms with van der Waals surface area (Å²) < 4.78 is 28.6. The van der Waals surface area contributed by atoms with Crippen molar-refractivity contribution in [1.29, 1.82) is 0 Å². The molecule has 0 amide bonds. The lowest BCUT2D eigenvalue weighted by Gasteiger charge is -2.09. The predicted molar refractivity (Wildman–Crippen MR) is 76.7 cm³/mol. The number of hydrogen-bond donors (Lipinski definition) is 1. The summed E-state index contributed by atoms with van der Waals surface area (Å²) in [6.45, 7) is 1.69. The molecule has 2 rings (SSSR count). The third-order valence-electron chi connectivity index (χ3n) is 2.83. The molecule has 1 atom stereocenters. The fourth-order valence-electron chi connectivity index (χ4n) is 1.72. The Morgan fingerprint density at radius 3 is 2.25 bits per heavy atom. The molecule has 0 aliphatic heterocycles. The lowest BCUT2D eigenvalue weighted by molar-refractivity contribution is 0.199. The number of ether oxygens (including phenoxy) is 1. The maximum Gasteiger partial charge on any atom is 0.175 e. The van der Waals surface area contributed by atoms with Gasteiger partial charge in [0.05, 0.1) is 11.0 Å². The average Bonchev–Trinajstić information content (AvgIpc) is 2.38. The van der Waals surface area contributed by atoms with Crippen molar-refractivity contribution in [2.24, 2.45) is 0 Å². The van der Waals surface area contributed by atoms with E-state index in [1.165, 1.54) is 12.1 Å². The molecule has 0 aliphatic rings. The highest BCUT2D eigenvalue weighted by Crippen LogP contribution is 2.25. The van der Waals surface area contributed by atoms with Gasteiger partial charge in [-0.1, -0.05) is 18.2 Å². The third-order valence-corrected chi connectivity index (χ3v) is 3.94. The van der Waals surface area contributed by atoms with Crippen molar-refractivity contribution in [2.75, 3.05) is 6.26 Å². The highest BCUT2D eigenvalue weighted by Gasteiger charge is 2.08. The predicted octanol–water partition coefficient (Wildman–Crippen LogP) is 2.94. The molecule has 0 aliphatic carbocycles. The van der Waals surface area contributed by atoms with Gasteiger partial charge in [-0.25, -0.2) is 8.42 Å². The molecule has 0 heterocycles. The van der Waals surface area contributed by atoms with Crippen LogP contribution in [0.1, 0.15) is 18.6 Å². The molecule has 1 N–H and O–H groups in total. The van der Waals surface area contributed by atoms with E-state index in [4.69, 9.17) is 4.74 Å². The van der Waals surface area contributed by atoms with Gasteiger partial charge in [0.2, 0.25) is 0 Å². The van der Waals surface area contributed by atoms with E-state index >= 15 is 0 Å². The smallest absolute Gasteiger partial charge is 0.175 e. The number of sulfone groups is 1. The molecule has 2 aromatic carbocycles. The lowest BCUT2D eigenvalue weighted by Crippen LogP contribution is -1.97. The van der Waals surface area contributed by atoms with Crippen molar-refractivity contribution < 1.29 is 18.3 Å². The van der Waals surface area contributed by atoms with E-state index in [-0.39, 0.29) is 4.90 Å². The highest BCUT2D eigenvalue weighted by molar-refractivity contribution is 7.90. The maximum atomic E-state index is 11.5. The van der Waals surface area contributed by atoms with E-state index in [1.54, 1.807) is 43.3 Å². The first kappa shape index (κ1) is 14.6. The van der Waals surface area contributed by atoms with Gasteiger partial charge in [0, 0.05) is 6.26 Å². The Balaban J connectivity index is 2.22. The Morgan fingerprint density at radius 1 is 1.05 bits per heavy atom. The van der Waals surface area contributed by atoms with Gasteiger partial charge < -0.3 is 9.84 Å². The molecule has 5 heteroatoms. The molecule has 0 saturated carbocycles. The first-order valence-corrected chi connectivity index (χ1v) is 8.01. The summed E-state index contributed by atoms with van der Waals surface area (Å²) in [6.07, 6.45) is 0.626. The van der Waals surface area contributed by atoms with E-state index in [0.29, 0.717) is 11.5 Å². The van der Waals surface area contributed by atoms with Gasteiger partial charge in [0.25, 0.3) is 0 Å². The summed E-state index contributed by atoms with van der Waals surface area (Å²) in [4.78, 5) is 0.218. The van der Waals surface area contributed by atoms with Crippen molar-refractivity contribution in [3.05, 3.63) is 54.1 Å². The SMILES string of the molecule is C[C@@H](O)c1ccc(Oc2cccc(S(C)(=O)=O)c2)cc1. The number of benzene rings is 2. The third kappa shape index (κ3) is 3.59.